The molecule has 2 aromatic heterocycles. The fraction of sp³-hybridized carbons (Fsp3) is 0.241. The Bertz CT molecular complexity index is 3060. The maximum atomic E-state index is 13.7. The van der Waals surface area contributed by atoms with Crippen molar-refractivity contribution >= 4 is 69.8 Å². The first-order valence-electron chi connectivity index (χ1n) is 24.3. The molecule has 2 aliphatic rings. The molecule has 3 N–H and O–H groups in total. The van der Waals surface area contributed by atoms with Gasteiger partial charge < -0.3 is 25.2 Å². The molecule has 6 aromatic carbocycles. The van der Waals surface area contributed by atoms with E-state index in [-0.39, 0.29) is 42.2 Å². The van der Waals surface area contributed by atoms with E-state index in [9.17, 15) is 14.7 Å². The average Bonchev–Trinajstić information content (AvgIpc) is 4.02. The second-order valence-corrected chi connectivity index (χ2v) is 20.1. The van der Waals surface area contributed by atoms with Crippen LogP contribution in [0, 0.1) is 0 Å². The highest BCUT2D eigenvalue weighted by molar-refractivity contribution is 6.36. The molecule has 0 fully saturated rings. The van der Waals surface area contributed by atoms with Gasteiger partial charge in [-0.3, -0.25) is 9.59 Å². The number of aromatic nitrogens is 4. The lowest BCUT2D eigenvalue weighted by Gasteiger charge is -2.26. The predicted octanol–water partition coefficient (Wildman–Crippen LogP) is 13.5. The number of hydrogen-bond acceptors (Lipinski definition) is 7. The molecule has 8 aromatic rings. The second-order valence-electron chi connectivity index (χ2n) is 18.1. The molecule has 0 radical (unpaired) electrons. The van der Waals surface area contributed by atoms with Crippen LogP contribution in [0.4, 0.5) is 0 Å². The highest BCUT2D eigenvalue weighted by Gasteiger charge is 2.36. The number of nitrogens with zero attached hydrogens (tertiary/aromatic N) is 4. The standard InChI is InChI=1S/C29H26Cl3N3O2.C29H27Cl2N3O3/c1-37-21-10-5-9-19(15-21)22-11-6-12-23-27(29(36)33-25(17-30)18-7-3-2-4-8-18)34-35(28(22)23)26-14-13-20(31)16-24(26)32;1-37-21-10-5-9-19(15-21)22-11-6-12-23-27(29(36)32-25(17-35)18-7-3-2-4-8-18)33-34(28(22)23)26-14-13-20(30)16-24(26)31/h2-5,7-10,13-16,22,25H,6,11-12,17H2,1H3,(H,33,36);2-5,7-10,13-16,22,25,35H,6,11-12,17H2,1H3,(H,32,36)/t2*22?,25-/m11/s1. The summed E-state index contributed by atoms with van der Waals surface area (Å²) in [5.41, 5.74) is 9.67. The molecule has 0 aliphatic heterocycles. The van der Waals surface area contributed by atoms with Gasteiger partial charge >= 0.3 is 0 Å². The third kappa shape index (κ3) is 11.3. The summed E-state index contributed by atoms with van der Waals surface area (Å²) in [7, 11) is 3.31. The van der Waals surface area contributed by atoms with Crippen LogP contribution in [0.5, 0.6) is 11.5 Å². The molecule has 0 spiro atoms. The van der Waals surface area contributed by atoms with Crippen LogP contribution in [0.25, 0.3) is 11.4 Å². The van der Waals surface area contributed by atoms with Crippen molar-refractivity contribution < 1.29 is 24.2 Å². The van der Waals surface area contributed by atoms with E-state index in [2.05, 4.69) is 22.8 Å². The van der Waals surface area contributed by atoms with E-state index < -0.39 is 6.04 Å². The number of methoxy groups -OCH3 is 2. The van der Waals surface area contributed by atoms with Crippen molar-refractivity contribution in [3.63, 3.8) is 0 Å². The molecule has 0 saturated carbocycles. The van der Waals surface area contributed by atoms with E-state index in [0.29, 0.717) is 49.3 Å². The van der Waals surface area contributed by atoms with E-state index in [1.807, 2.05) is 114 Å². The molecule has 4 atom stereocenters. The maximum absolute atomic E-state index is 13.7. The van der Waals surface area contributed by atoms with Crippen molar-refractivity contribution in [1.29, 1.82) is 0 Å². The van der Waals surface area contributed by atoms with Crippen LogP contribution in [-0.2, 0) is 12.8 Å². The van der Waals surface area contributed by atoms with E-state index >= 15 is 0 Å². The number of ether oxygens (including phenoxy) is 2. The van der Waals surface area contributed by atoms with Crippen molar-refractivity contribution in [2.45, 2.75) is 62.4 Å². The molecule has 2 amide bonds. The van der Waals surface area contributed by atoms with Gasteiger partial charge in [-0.1, -0.05) is 131 Å². The first-order valence-corrected chi connectivity index (χ1v) is 26.4. The summed E-state index contributed by atoms with van der Waals surface area (Å²) >= 11 is 31.9. The Morgan fingerprint density at radius 2 is 1.03 bits per heavy atom. The van der Waals surface area contributed by atoms with Crippen molar-refractivity contribution in [2.24, 2.45) is 0 Å². The quantitative estimate of drug-likeness (QED) is 0.0924. The Morgan fingerprint density at radius 3 is 1.43 bits per heavy atom. The molecular formula is C58H53Cl5N6O5. The minimum atomic E-state index is -0.550. The van der Waals surface area contributed by atoms with Crippen LogP contribution in [0.1, 0.15) is 115 Å². The number of hydrogen-bond donors (Lipinski definition) is 3. The first-order chi connectivity index (χ1) is 36.0. The van der Waals surface area contributed by atoms with Gasteiger partial charge in [-0.25, -0.2) is 9.36 Å². The number of rotatable bonds is 14. The molecule has 0 bridgehead atoms. The topological polar surface area (TPSA) is 133 Å². The second kappa shape index (κ2) is 23.9. The largest absolute Gasteiger partial charge is 0.497 e. The van der Waals surface area contributed by atoms with Crippen LogP contribution in [0.15, 0.2) is 146 Å². The van der Waals surface area contributed by atoms with Crippen molar-refractivity contribution in [2.75, 3.05) is 26.7 Å². The van der Waals surface area contributed by atoms with Gasteiger partial charge in [-0.15, -0.1) is 11.6 Å². The number of carbonyl (C=O) groups excluding carboxylic acids is 2. The SMILES string of the molecule is COc1cccc(C2CCCc3c(C(=O)N[C@H](CCl)c4ccccc4)nn(-c4ccc(Cl)cc4Cl)c32)c1.COc1cccc(C2CCCc3c(C(=O)N[C@H](CO)c4ccccc4)nn(-c4ccc(Cl)cc4Cl)c32)c1. The van der Waals surface area contributed by atoms with Crippen LogP contribution in [-0.4, -0.2) is 63.2 Å². The van der Waals surface area contributed by atoms with Gasteiger partial charge in [0, 0.05) is 38.9 Å². The van der Waals surface area contributed by atoms with Gasteiger partial charge in [-0.05, 0) is 121 Å². The molecule has 2 heterocycles. The Morgan fingerprint density at radius 1 is 0.595 bits per heavy atom. The van der Waals surface area contributed by atoms with Gasteiger partial charge in [0.1, 0.15) is 11.5 Å². The summed E-state index contributed by atoms with van der Waals surface area (Å²) < 4.78 is 14.6. The lowest BCUT2D eigenvalue weighted by Crippen LogP contribution is -2.32. The average molecular weight is 1090 g/mol. The molecule has 11 nitrogen and oxygen atoms in total. The molecule has 10 rings (SSSR count). The van der Waals surface area contributed by atoms with E-state index in [1.165, 1.54) is 0 Å². The molecule has 74 heavy (non-hydrogen) atoms. The lowest BCUT2D eigenvalue weighted by molar-refractivity contribution is 0.0907. The zero-order valence-electron chi connectivity index (χ0n) is 40.6. The number of aliphatic hydroxyl groups excluding tert-OH is 1. The number of fused-ring (bicyclic) bond motifs is 2. The van der Waals surface area contributed by atoms with Gasteiger partial charge in [0.2, 0.25) is 0 Å². The third-order valence-corrected chi connectivity index (χ3v) is 15.0. The Kier molecular flexibility index (Phi) is 17.0. The number of benzene rings is 6. The van der Waals surface area contributed by atoms with Crippen molar-refractivity contribution in [1.82, 2.24) is 30.2 Å². The zero-order valence-corrected chi connectivity index (χ0v) is 44.4. The maximum Gasteiger partial charge on any atom is 0.272 e. The normalized spacial score (nSPS) is 15.6. The summed E-state index contributed by atoms with van der Waals surface area (Å²) in [5.74, 6) is 1.20. The highest BCUT2D eigenvalue weighted by Crippen LogP contribution is 2.43. The smallest absolute Gasteiger partial charge is 0.272 e. The number of aliphatic hydroxyl groups is 1. The van der Waals surface area contributed by atoms with Crippen LogP contribution >= 0.6 is 58.0 Å². The van der Waals surface area contributed by atoms with Gasteiger partial charge in [-0.2, -0.15) is 10.2 Å². The molecule has 2 aliphatic carbocycles. The minimum absolute atomic E-state index is 0.0117. The molecule has 0 saturated heterocycles. The van der Waals surface area contributed by atoms with Crippen molar-refractivity contribution in [3.8, 4) is 22.9 Å². The van der Waals surface area contributed by atoms with Crippen molar-refractivity contribution in [3.05, 3.63) is 222 Å². The number of carbonyl (C=O) groups is 2. The molecule has 380 valence electrons. The fourth-order valence-electron chi connectivity index (χ4n) is 10.0. The summed E-state index contributed by atoms with van der Waals surface area (Å²) in [4.78, 5) is 27.3. The third-order valence-electron chi connectivity index (χ3n) is 13.6. The summed E-state index contributed by atoms with van der Waals surface area (Å²) in [6.07, 6.45) is 5.07. The van der Waals surface area contributed by atoms with Gasteiger partial charge in [0.15, 0.2) is 11.4 Å². The number of halogens is 5. The summed E-state index contributed by atoms with van der Waals surface area (Å²) in [6, 6.07) is 44.8. The van der Waals surface area contributed by atoms with Gasteiger partial charge in [0.05, 0.1) is 65.7 Å². The number of alkyl halides is 1. The minimum Gasteiger partial charge on any atom is -0.497 e. The Hall–Kier alpha value is -6.31. The lowest BCUT2D eigenvalue weighted by atomic mass is 9.82. The van der Waals surface area contributed by atoms with Crippen LogP contribution in [0.3, 0.4) is 0 Å². The predicted molar refractivity (Wildman–Crippen MR) is 294 cm³/mol. The Labute approximate surface area is 455 Å². The molecular weight excluding hydrogens is 1040 g/mol. The van der Waals surface area contributed by atoms with Crippen LogP contribution in [0.2, 0.25) is 20.1 Å². The number of amides is 2. The van der Waals surface area contributed by atoms with E-state index in [0.717, 1.165) is 88.4 Å². The Balaban J connectivity index is 0.000000182. The van der Waals surface area contributed by atoms with E-state index in [4.69, 9.17) is 77.7 Å². The molecule has 16 heteroatoms. The van der Waals surface area contributed by atoms with Crippen LogP contribution < -0.4 is 20.1 Å². The van der Waals surface area contributed by atoms with Gasteiger partial charge in [0.25, 0.3) is 11.8 Å². The highest BCUT2D eigenvalue weighted by atomic mass is 35.5. The first kappa shape index (κ1) is 52.5. The number of nitrogens with one attached hydrogen (secondary N) is 2. The zero-order chi connectivity index (χ0) is 51.9. The molecule has 2 unspecified atom stereocenters. The fourth-order valence-corrected chi connectivity index (χ4v) is 11.3. The monoisotopic (exact) mass is 1090 g/mol. The summed E-state index contributed by atoms with van der Waals surface area (Å²) in [6.45, 7) is -0.228. The van der Waals surface area contributed by atoms with E-state index in [1.54, 1.807) is 43.2 Å². The summed E-state index contributed by atoms with van der Waals surface area (Å²) in [5, 5.41) is 27.7.